The van der Waals surface area contributed by atoms with Crippen LogP contribution in [0, 0.1) is 19.8 Å². The smallest absolute Gasteiger partial charge is 0.126 e. The lowest BCUT2D eigenvalue weighted by Crippen LogP contribution is -2.13. The number of halogens is 1. The van der Waals surface area contributed by atoms with Crippen LogP contribution >= 0.6 is 27.3 Å². The minimum atomic E-state index is 0.312. The lowest BCUT2D eigenvalue weighted by molar-refractivity contribution is 0.670. The minimum Gasteiger partial charge on any atom is -0.361 e. The van der Waals surface area contributed by atoms with Gasteiger partial charge in [0.1, 0.15) is 10.8 Å². The highest BCUT2D eigenvalue weighted by Gasteiger charge is 2.34. The van der Waals surface area contributed by atoms with E-state index in [0.717, 1.165) is 10.3 Å². The van der Waals surface area contributed by atoms with E-state index in [2.05, 4.69) is 51.1 Å². The second kappa shape index (κ2) is 5.21. The summed E-state index contributed by atoms with van der Waals surface area (Å²) in [7, 11) is 0. The quantitative estimate of drug-likeness (QED) is 0.893. The molecule has 1 atom stereocenters. The first-order chi connectivity index (χ1) is 9.13. The molecule has 0 aliphatic heterocycles. The SMILES string of the molecule is Cc1cnc(C(Nc2cc(C)c(Br)cn2)C2CC2)s1. The van der Waals surface area contributed by atoms with E-state index in [-0.39, 0.29) is 0 Å². The molecule has 0 aromatic carbocycles. The predicted molar refractivity (Wildman–Crippen MR) is 82.6 cm³/mol. The van der Waals surface area contributed by atoms with E-state index >= 15 is 0 Å². The number of anilines is 1. The largest absolute Gasteiger partial charge is 0.361 e. The van der Waals surface area contributed by atoms with Crippen LogP contribution in [0.1, 0.15) is 34.3 Å². The number of aromatic nitrogens is 2. The van der Waals surface area contributed by atoms with Gasteiger partial charge in [-0.05, 0) is 60.2 Å². The monoisotopic (exact) mass is 337 g/mol. The first kappa shape index (κ1) is 13.1. The van der Waals surface area contributed by atoms with Gasteiger partial charge in [-0.2, -0.15) is 0 Å². The van der Waals surface area contributed by atoms with E-state index in [9.17, 15) is 0 Å². The van der Waals surface area contributed by atoms with Gasteiger partial charge in [0.05, 0.1) is 6.04 Å². The van der Waals surface area contributed by atoms with Gasteiger partial charge in [0.25, 0.3) is 0 Å². The van der Waals surface area contributed by atoms with Crippen LogP contribution in [0.25, 0.3) is 0 Å². The maximum absolute atomic E-state index is 4.53. The Labute approximate surface area is 125 Å². The topological polar surface area (TPSA) is 37.8 Å². The molecular formula is C14H16BrN3S. The van der Waals surface area contributed by atoms with Crippen molar-refractivity contribution >= 4 is 33.1 Å². The molecule has 2 heterocycles. The molecule has 1 aliphatic rings. The van der Waals surface area contributed by atoms with Gasteiger partial charge in [0.2, 0.25) is 0 Å². The fourth-order valence-electron chi connectivity index (χ4n) is 2.10. The van der Waals surface area contributed by atoms with Gasteiger partial charge in [-0.3, -0.25) is 0 Å². The molecule has 1 fully saturated rings. The number of rotatable bonds is 4. The van der Waals surface area contributed by atoms with Crippen molar-refractivity contribution in [3.63, 3.8) is 0 Å². The minimum absolute atomic E-state index is 0.312. The van der Waals surface area contributed by atoms with Crippen molar-refractivity contribution in [2.24, 2.45) is 5.92 Å². The third-order valence-electron chi connectivity index (χ3n) is 3.35. The molecule has 2 aromatic rings. The zero-order valence-corrected chi connectivity index (χ0v) is 13.4. The molecule has 0 saturated heterocycles. The lowest BCUT2D eigenvalue weighted by Gasteiger charge is -2.17. The summed E-state index contributed by atoms with van der Waals surface area (Å²) in [6.07, 6.45) is 6.38. The Hall–Kier alpha value is -0.940. The third kappa shape index (κ3) is 2.98. The Bertz CT molecular complexity index is 592. The van der Waals surface area contributed by atoms with Gasteiger partial charge >= 0.3 is 0 Å². The molecule has 1 aliphatic carbocycles. The standard InChI is InChI=1S/C14H16BrN3S/c1-8-5-12(16-7-11(8)15)18-13(10-3-4-10)14-17-6-9(2)19-14/h5-7,10,13H,3-4H2,1-2H3,(H,16,18). The highest BCUT2D eigenvalue weighted by Crippen LogP contribution is 2.43. The second-order valence-corrected chi connectivity index (χ2v) is 7.21. The number of nitrogens with zero attached hydrogens (tertiary/aromatic N) is 2. The van der Waals surface area contributed by atoms with Crippen molar-refractivity contribution in [1.82, 2.24) is 9.97 Å². The van der Waals surface area contributed by atoms with Crippen LogP contribution in [-0.4, -0.2) is 9.97 Å². The molecule has 1 unspecified atom stereocenters. The third-order valence-corrected chi connectivity index (χ3v) is 5.17. The van der Waals surface area contributed by atoms with Crippen molar-refractivity contribution < 1.29 is 0 Å². The van der Waals surface area contributed by atoms with Crippen molar-refractivity contribution in [3.8, 4) is 0 Å². The Morgan fingerprint density at radius 3 is 2.68 bits per heavy atom. The number of nitrogens with one attached hydrogen (secondary N) is 1. The molecular weight excluding hydrogens is 322 g/mol. The van der Waals surface area contributed by atoms with Gasteiger partial charge < -0.3 is 5.32 Å². The van der Waals surface area contributed by atoms with E-state index in [1.807, 2.05) is 12.4 Å². The van der Waals surface area contributed by atoms with E-state index in [4.69, 9.17) is 0 Å². The molecule has 1 N–H and O–H groups in total. The normalized spacial score (nSPS) is 16.4. The second-order valence-electron chi connectivity index (χ2n) is 5.09. The Kier molecular flexibility index (Phi) is 3.58. The zero-order valence-electron chi connectivity index (χ0n) is 11.0. The highest BCUT2D eigenvalue weighted by atomic mass is 79.9. The average molecular weight is 338 g/mol. The van der Waals surface area contributed by atoms with Crippen LogP contribution in [0.3, 0.4) is 0 Å². The van der Waals surface area contributed by atoms with E-state index < -0.39 is 0 Å². The number of hydrogen-bond acceptors (Lipinski definition) is 4. The van der Waals surface area contributed by atoms with Crippen LogP contribution in [0.15, 0.2) is 22.9 Å². The summed E-state index contributed by atoms with van der Waals surface area (Å²) in [6.45, 7) is 4.18. The van der Waals surface area contributed by atoms with Crippen molar-refractivity contribution in [2.45, 2.75) is 32.7 Å². The highest BCUT2D eigenvalue weighted by molar-refractivity contribution is 9.10. The summed E-state index contributed by atoms with van der Waals surface area (Å²) in [5.74, 6) is 1.64. The predicted octanol–water partition coefficient (Wildman–Crippen LogP) is 4.48. The molecule has 19 heavy (non-hydrogen) atoms. The zero-order chi connectivity index (χ0) is 13.4. The van der Waals surface area contributed by atoms with Gasteiger partial charge in [0, 0.05) is 21.7 Å². The maximum Gasteiger partial charge on any atom is 0.126 e. The molecule has 0 spiro atoms. The lowest BCUT2D eigenvalue weighted by atomic mass is 10.2. The number of pyridine rings is 1. The molecule has 100 valence electrons. The molecule has 0 radical (unpaired) electrons. The number of hydrogen-bond donors (Lipinski definition) is 1. The summed E-state index contributed by atoms with van der Waals surface area (Å²) in [6, 6.07) is 2.40. The summed E-state index contributed by atoms with van der Waals surface area (Å²) < 4.78 is 1.05. The van der Waals surface area contributed by atoms with Crippen molar-refractivity contribution in [1.29, 1.82) is 0 Å². The fourth-order valence-corrected chi connectivity index (χ4v) is 3.24. The van der Waals surface area contributed by atoms with Gasteiger partial charge in [-0.1, -0.05) is 0 Å². The summed E-state index contributed by atoms with van der Waals surface area (Å²) >= 11 is 5.26. The summed E-state index contributed by atoms with van der Waals surface area (Å²) in [5.41, 5.74) is 1.20. The van der Waals surface area contributed by atoms with Crippen LogP contribution in [0.4, 0.5) is 5.82 Å². The van der Waals surface area contributed by atoms with Gasteiger partial charge in [-0.15, -0.1) is 11.3 Å². The molecule has 3 nitrogen and oxygen atoms in total. The first-order valence-electron chi connectivity index (χ1n) is 6.44. The summed E-state index contributed by atoms with van der Waals surface area (Å²) in [4.78, 5) is 10.2. The Morgan fingerprint density at radius 2 is 2.11 bits per heavy atom. The van der Waals surface area contributed by atoms with Crippen LogP contribution in [-0.2, 0) is 0 Å². The van der Waals surface area contributed by atoms with Gasteiger partial charge in [-0.25, -0.2) is 9.97 Å². The van der Waals surface area contributed by atoms with Gasteiger partial charge in [0.15, 0.2) is 0 Å². The number of thiazole rings is 1. The van der Waals surface area contributed by atoms with Crippen LogP contribution in [0.5, 0.6) is 0 Å². The Balaban J connectivity index is 1.83. The van der Waals surface area contributed by atoms with E-state index in [1.54, 1.807) is 11.3 Å². The Morgan fingerprint density at radius 1 is 1.32 bits per heavy atom. The molecule has 0 bridgehead atoms. The molecule has 5 heteroatoms. The summed E-state index contributed by atoms with van der Waals surface area (Å²) in [5, 5.41) is 4.74. The number of aryl methyl sites for hydroxylation is 2. The molecule has 3 rings (SSSR count). The first-order valence-corrected chi connectivity index (χ1v) is 8.05. The molecule has 1 saturated carbocycles. The van der Waals surface area contributed by atoms with Crippen molar-refractivity contribution in [3.05, 3.63) is 38.4 Å². The fraction of sp³-hybridized carbons (Fsp3) is 0.429. The van der Waals surface area contributed by atoms with E-state index in [1.165, 1.54) is 28.3 Å². The van der Waals surface area contributed by atoms with E-state index in [0.29, 0.717) is 12.0 Å². The average Bonchev–Trinajstić information content (AvgIpc) is 3.13. The van der Waals surface area contributed by atoms with Crippen LogP contribution in [0.2, 0.25) is 0 Å². The molecule has 0 amide bonds. The maximum atomic E-state index is 4.53. The van der Waals surface area contributed by atoms with Crippen molar-refractivity contribution in [2.75, 3.05) is 5.32 Å². The van der Waals surface area contributed by atoms with Crippen LogP contribution < -0.4 is 5.32 Å². The molecule has 2 aromatic heterocycles.